The molecule has 0 N–H and O–H groups in total. The van der Waals surface area contributed by atoms with Crippen LogP contribution in [0.25, 0.3) is 11.3 Å². The molecule has 1 unspecified atom stereocenters. The molecule has 0 saturated heterocycles. The first-order valence-corrected chi connectivity index (χ1v) is 12.2. The molecular weight excluding hydrogens is 427 g/mol. The summed E-state index contributed by atoms with van der Waals surface area (Å²) in [6.07, 6.45) is 3.22. The first kappa shape index (κ1) is 21.5. The second kappa shape index (κ2) is 10.0. The highest BCUT2D eigenvalue weighted by Crippen LogP contribution is 2.39. The second-order valence-electron chi connectivity index (χ2n) is 6.60. The van der Waals surface area contributed by atoms with Gasteiger partial charge in [0.2, 0.25) is 0 Å². The molecule has 0 bridgehead atoms. The van der Waals surface area contributed by atoms with E-state index in [1.54, 1.807) is 17.4 Å². The molecule has 0 aliphatic heterocycles. The van der Waals surface area contributed by atoms with Crippen LogP contribution < -0.4 is 4.90 Å². The van der Waals surface area contributed by atoms with E-state index >= 15 is 0 Å². The summed E-state index contributed by atoms with van der Waals surface area (Å²) in [5, 5.41) is 2.32. The van der Waals surface area contributed by atoms with Gasteiger partial charge in [-0.15, -0.1) is 11.3 Å². The van der Waals surface area contributed by atoms with Crippen LogP contribution in [0.15, 0.2) is 48.5 Å². The minimum absolute atomic E-state index is 0.287. The van der Waals surface area contributed by atoms with Gasteiger partial charge in [-0.1, -0.05) is 60.5 Å². The zero-order chi connectivity index (χ0) is 20.1. The summed E-state index contributed by atoms with van der Waals surface area (Å²) in [4.78, 5) is 8.63. The van der Waals surface area contributed by atoms with Crippen molar-refractivity contribution in [2.75, 3.05) is 23.5 Å². The van der Waals surface area contributed by atoms with E-state index < -0.39 is 0 Å². The predicted octanol–water partition coefficient (Wildman–Crippen LogP) is 7.75. The Morgan fingerprint density at radius 2 is 1.89 bits per heavy atom. The van der Waals surface area contributed by atoms with Crippen LogP contribution in [0.2, 0.25) is 10.0 Å². The highest BCUT2D eigenvalue weighted by atomic mass is 35.5. The van der Waals surface area contributed by atoms with Crippen molar-refractivity contribution in [2.45, 2.75) is 26.3 Å². The Morgan fingerprint density at radius 1 is 1.14 bits per heavy atom. The van der Waals surface area contributed by atoms with Gasteiger partial charge in [0.25, 0.3) is 0 Å². The van der Waals surface area contributed by atoms with E-state index in [0.717, 1.165) is 40.0 Å². The molecule has 28 heavy (non-hydrogen) atoms. The van der Waals surface area contributed by atoms with Crippen LogP contribution in [0.5, 0.6) is 0 Å². The van der Waals surface area contributed by atoms with E-state index in [2.05, 4.69) is 55.3 Å². The monoisotopic (exact) mass is 450 g/mol. The van der Waals surface area contributed by atoms with Gasteiger partial charge in [0.15, 0.2) is 5.13 Å². The molecule has 3 aromatic rings. The largest absolute Gasteiger partial charge is 0.340 e. The highest BCUT2D eigenvalue weighted by molar-refractivity contribution is 7.98. The van der Waals surface area contributed by atoms with Crippen molar-refractivity contribution in [1.29, 1.82) is 0 Å². The summed E-state index contributed by atoms with van der Waals surface area (Å²) in [5.41, 5.74) is 3.20. The number of benzene rings is 2. The van der Waals surface area contributed by atoms with E-state index in [0.29, 0.717) is 10.0 Å². The van der Waals surface area contributed by atoms with E-state index in [9.17, 15) is 0 Å². The van der Waals surface area contributed by atoms with Crippen LogP contribution in [0.1, 0.15) is 29.8 Å². The highest BCUT2D eigenvalue weighted by Gasteiger charge is 2.24. The number of rotatable bonds is 8. The van der Waals surface area contributed by atoms with Gasteiger partial charge < -0.3 is 4.90 Å². The molecule has 1 heterocycles. The maximum absolute atomic E-state index is 6.46. The number of thioether (sulfide) groups is 1. The zero-order valence-corrected chi connectivity index (χ0v) is 19.4. The van der Waals surface area contributed by atoms with Gasteiger partial charge in [-0.2, -0.15) is 11.8 Å². The SMILES string of the molecule is CCCN(c1nc(-c2ccc(Cl)cc2Cl)c(C)s1)C(CSC)c1ccccc1. The van der Waals surface area contributed by atoms with Gasteiger partial charge >= 0.3 is 0 Å². The van der Waals surface area contributed by atoms with E-state index in [1.807, 2.05) is 23.9 Å². The number of aromatic nitrogens is 1. The van der Waals surface area contributed by atoms with Crippen LogP contribution in [-0.2, 0) is 0 Å². The molecule has 0 aliphatic rings. The van der Waals surface area contributed by atoms with Gasteiger partial charge in [0.05, 0.1) is 16.8 Å². The zero-order valence-electron chi connectivity index (χ0n) is 16.3. The number of hydrogen-bond acceptors (Lipinski definition) is 4. The van der Waals surface area contributed by atoms with E-state index in [4.69, 9.17) is 28.2 Å². The minimum atomic E-state index is 0.287. The van der Waals surface area contributed by atoms with Crippen LogP contribution in [0.3, 0.4) is 0 Å². The minimum Gasteiger partial charge on any atom is -0.340 e. The maximum atomic E-state index is 6.46. The van der Waals surface area contributed by atoms with Crippen LogP contribution in [0.4, 0.5) is 5.13 Å². The molecule has 0 radical (unpaired) electrons. The van der Waals surface area contributed by atoms with E-state index in [-0.39, 0.29) is 6.04 Å². The van der Waals surface area contributed by atoms with E-state index in [1.165, 1.54) is 5.56 Å². The quantitative estimate of drug-likeness (QED) is 0.348. The average molecular weight is 451 g/mol. The van der Waals surface area contributed by atoms with Gasteiger partial charge in [-0.3, -0.25) is 0 Å². The standard InChI is InChI=1S/C22H24Cl2N2S2/c1-4-12-26(20(14-27-3)16-8-6-5-7-9-16)22-25-21(15(2)28-22)18-11-10-17(23)13-19(18)24/h5-11,13,20H,4,12,14H2,1-3H3. The van der Waals surface area contributed by atoms with Crippen molar-refractivity contribution < 1.29 is 0 Å². The van der Waals surface area contributed by atoms with Crippen LogP contribution >= 0.6 is 46.3 Å². The summed E-state index contributed by atoms with van der Waals surface area (Å²) in [6, 6.07) is 16.6. The van der Waals surface area contributed by atoms with Crippen molar-refractivity contribution in [1.82, 2.24) is 4.98 Å². The molecule has 0 amide bonds. The van der Waals surface area contributed by atoms with Crippen LogP contribution in [-0.4, -0.2) is 23.5 Å². The molecule has 1 aromatic heterocycles. The number of hydrogen-bond donors (Lipinski definition) is 0. The lowest BCUT2D eigenvalue weighted by atomic mass is 10.1. The first-order valence-electron chi connectivity index (χ1n) is 9.28. The van der Waals surface area contributed by atoms with Crippen molar-refractivity contribution in [3.05, 3.63) is 69.0 Å². The number of thiazole rings is 1. The normalized spacial score (nSPS) is 12.2. The third kappa shape index (κ3) is 4.85. The molecule has 6 heteroatoms. The van der Waals surface area contributed by atoms with Crippen LogP contribution in [0, 0.1) is 6.92 Å². The molecule has 1 atom stereocenters. The fraction of sp³-hybridized carbons (Fsp3) is 0.318. The summed E-state index contributed by atoms with van der Waals surface area (Å²) in [5.74, 6) is 1.01. The Kier molecular flexibility index (Phi) is 7.69. The predicted molar refractivity (Wildman–Crippen MR) is 128 cm³/mol. The molecule has 0 saturated carbocycles. The number of aryl methyl sites for hydroxylation is 1. The molecule has 2 nitrogen and oxygen atoms in total. The molecule has 148 valence electrons. The topological polar surface area (TPSA) is 16.1 Å². The fourth-order valence-corrected chi connectivity index (χ4v) is 5.45. The van der Waals surface area contributed by atoms with Gasteiger partial charge in [0.1, 0.15) is 0 Å². The number of anilines is 1. The van der Waals surface area contributed by atoms with Gasteiger partial charge in [-0.05, 0) is 43.4 Å². The maximum Gasteiger partial charge on any atom is 0.186 e. The van der Waals surface area contributed by atoms with Crippen molar-refractivity contribution in [3.8, 4) is 11.3 Å². The third-order valence-corrected chi connectivity index (χ3v) is 6.77. The lowest BCUT2D eigenvalue weighted by Gasteiger charge is -2.31. The first-order chi connectivity index (χ1) is 13.5. The Morgan fingerprint density at radius 3 is 2.54 bits per heavy atom. The summed E-state index contributed by atoms with van der Waals surface area (Å²) in [6.45, 7) is 5.28. The Balaban J connectivity index is 2.02. The Hall–Kier alpha value is -1.20. The molecule has 0 fully saturated rings. The van der Waals surface area contributed by atoms with Crippen molar-refractivity contribution in [3.63, 3.8) is 0 Å². The summed E-state index contributed by atoms with van der Waals surface area (Å²) >= 11 is 16.1. The lowest BCUT2D eigenvalue weighted by molar-refractivity contribution is 0.665. The third-order valence-electron chi connectivity index (χ3n) is 4.57. The summed E-state index contributed by atoms with van der Waals surface area (Å²) < 4.78 is 0. The Bertz CT molecular complexity index is 912. The fourth-order valence-electron chi connectivity index (χ4n) is 3.26. The van der Waals surface area contributed by atoms with Crippen molar-refractivity contribution >= 4 is 51.4 Å². The van der Waals surface area contributed by atoms with Gasteiger partial charge in [-0.25, -0.2) is 4.98 Å². The smallest absolute Gasteiger partial charge is 0.186 e. The lowest BCUT2D eigenvalue weighted by Crippen LogP contribution is -2.31. The molecule has 0 aliphatic carbocycles. The number of halogens is 2. The second-order valence-corrected chi connectivity index (χ2v) is 9.54. The molecule has 0 spiro atoms. The Labute approximate surface area is 185 Å². The summed E-state index contributed by atoms with van der Waals surface area (Å²) in [7, 11) is 0. The van der Waals surface area contributed by atoms with Crippen molar-refractivity contribution in [2.24, 2.45) is 0 Å². The number of nitrogens with zero attached hydrogens (tertiary/aromatic N) is 2. The average Bonchev–Trinajstić information content (AvgIpc) is 3.06. The molecule has 3 rings (SSSR count). The van der Waals surface area contributed by atoms with Gasteiger partial charge in [0, 0.05) is 27.8 Å². The molecular formula is C22H24Cl2N2S2. The molecule has 2 aromatic carbocycles.